The van der Waals surface area contributed by atoms with E-state index < -0.39 is 0 Å². The Balaban J connectivity index is 1.94. The van der Waals surface area contributed by atoms with Gasteiger partial charge in [0.2, 0.25) is 0 Å². The molecule has 0 radical (unpaired) electrons. The Morgan fingerprint density at radius 2 is 1.65 bits per heavy atom. The molecule has 0 bridgehead atoms. The maximum absolute atomic E-state index is 4.97. The molecule has 2 rings (SSSR count). The van der Waals surface area contributed by atoms with E-state index in [0.717, 1.165) is 5.69 Å². The number of aryl methyl sites for hydroxylation is 1. The SMILES string of the molecule is C[n+]1ccc(/C=C/c2ccc(NCCON)cc2)cc1. The number of nitrogens with two attached hydrogens (primary N) is 1. The van der Waals surface area contributed by atoms with Gasteiger partial charge < -0.3 is 10.2 Å². The lowest BCUT2D eigenvalue weighted by molar-refractivity contribution is -0.671. The van der Waals surface area contributed by atoms with Crippen LogP contribution >= 0.6 is 0 Å². The van der Waals surface area contributed by atoms with E-state index in [1.165, 1.54) is 11.1 Å². The summed E-state index contributed by atoms with van der Waals surface area (Å²) in [5.74, 6) is 4.97. The molecule has 0 unspecified atom stereocenters. The number of rotatable bonds is 6. The maximum Gasteiger partial charge on any atom is 0.169 e. The Bertz CT molecular complexity index is 547. The number of anilines is 1. The van der Waals surface area contributed by atoms with E-state index in [2.05, 4.69) is 46.6 Å². The van der Waals surface area contributed by atoms with Crippen LogP contribution < -0.4 is 15.8 Å². The first-order valence-corrected chi connectivity index (χ1v) is 6.57. The Hall–Kier alpha value is -2.17. The average Bonchev–Trinajstić information content (AvgIpc) is 2.48. The number of aromatic nitrogens is 1. The van der Waals surface area contributed by atoms with Gasteiger partial charge in [-0.2, -0.15) is 0 Å². The van der Waals surface area contributed by atoms with Crippen molar-refractivity contribution in [3.63, 3.8) is 0 Å². The van der Waals surface area contributed by atoms with Crippen molar-refractivity contribution < 1.29 is 9.40 Å². The van der Waals surface area contributed by atoms with Gasteiger partial charge in [0, 0.05) is 24.4 Å². The molecule has 2 aromatic rings. The van der Waals surface area contributed by atoms with Gasteiger partial charge in [-0.1, -0.05) is 24.3 Å². The summed E-state index contributed by atoms with van der Waals surface area (Å²) in [5, 5.41) is 3.22. The third kappa shape index (κ3) is 4.50. The van der Waals surface area contributed by atoms with Crippen molar-refractivity contribution in [2.75, 3.05) is 18.5 Å². The lowest BCUT2D eigenvalue weighted by atomic mass is 10.1. The van der Waals surface area contributed by atoms with E-state index in [9.17, 15) is 0 Å². The van der Waals surface area contributed by atoms with Crippen molar-refractivity contribution in [1.29, 1.82) is 0 Å². The second-order valence-corrected chi connectivity index (χ2v) is 4.55. The van der Waals surface area contributed by atoms with E-state index in [0.29, 0.717) is 13.2 Å². The molecule has 0 aliphatic rings. The van der Waals surface area contributed by atoms with Gasteiger partial charge >= 0.3 is 0 Å². The number of nitrogens with zero attached hydrogens (tertiary/aromatic N) is 1. The molecule has 0 saturated heterocycles. The second-order valence-electron chi connectivity index (χ2n) is 4.55. The molecule has 0 fully saturated rings. The minimum Gasteiger partial charge on any atom is -0.383 e. The van der Waals surface area contributed by atoms with Gasteiger partial charge in [-0.25, -0.2) is 10.5 Å². The Labute approximate surface area is 119 Å². The Morgan fingerprint density at radius 3 is 2.25 bits per heavy atom. The zero-order valence-electron chi connectivity index (χ0n) is 11.6. The van der Waals surface area contributed by atoms with Gasteiger partial charge in [-0.3, -0.25) is 0 Å². The van der Waals surface area contributed by atoms with E-state index >= 15 is 0 Å². The smallest absolute Gasteiger partial charge is 0.169 e. The highest BCUT2D eigenvalue weighted by molar-refractivity contribution is 5.70. The minimum absolute atomic E-state index is 0.493. The van der Waals surface area contributed by atoms with Crippen molar-refractivity contribution >= 4 is 17.8 Å². The molecule has 0 spiro atoms. The molecule has 0 atom stereocenters. The molecule has 4 heteroatoms. The third-order valence-electron chi connectivity index (χ3n) is 2.93. The zero-order valence-corrected chi connectivity index (χ0v) is 11.6. The van der Waals surface area contributed by atoms with Gasteiger partial charge in [0.15, 0.2) is 12.4 Å². The van der Waals surface area contributed by atoms with Crippen molar-refractivity contribution in [3.8, 4) is 0 Å². The molecule has 20 heavy (non-hydrogen) atoms. The summed E-state index contributed by atoms with van der Waals surface area (Å²) in [6.07, 6.45) is 8.27. The van der Waals surface area contributed by atoms with E-state index in [4.69, 9.17) is 5.90 Å². The van der Waals surface area contributed by atoms with Crippen LogP contribution in [0.2, 0.25) is 0 Å². The van der Waals surface area contributed by atoms with Crippen molar-refractivity contribution in [1.82, 2.24) is 0 Å². The monoisotopic (exact) mass is 270 g/mol. The molecular weight excluding hydrogens is 250 g/mol. The van der Waals surface area contributed by atoms with Crippen LogP contribution in [0.3, 0.4) is 0 Å². The summed E-state index contributed by atoms with van der Waals surface area (Å²) in [5.41, 5.74) is 3.41. The summed E-state index contributed by atoms with van der Waals surface area (Å²) in [6.45, 7) is 1.19. The molecule has 0 saturated carbocycles. The highest BCUT2D eigenvalue weighted by Crippen LogP contribution is 2.12. The molecule has 1 heterocycles. The maximum atomic E-state index is 4.97. The first-order chi connectivity index (χ1) is 9.78. The summed E-state index contributed by atoms with van der Waals surface area (Å²) < 4.78 is 2.02. The molecule has 1 aromatic heterocycles. The topological polar surface area (TPSA) is 51.2 Å². The van der Waals surface area contributed by atoms with Gasteiger partial charge in [0.25, 0.3) is 0 Å². The molecule has 0 amide bonds. The van der Waals surface area contributed by atoms with Gasteiger partial charge in [-0.05, 0) is 23.3 Å². The molecule has 0 aliphatic heterocycles. The number of hydrogen-bond donors (Lipinski definition) is 2. The van der Waals surface area contributed by atoms with Crippen LogP contribution in [-0.2, 0) is 11.9 Å². The normalized spacial score (nSPS) is 10.9. The zero-order chi connectivity index (χ0) is 14.2. The van der Waals surface area contributed by atoms with Crippen LogP contribution in [0.15, 0.2) is 48.8 Å². The second kappa shape index (κ2) is 7.43. The predicted octanol–water partition coefficient (Wildman–Crippen LogP) is 1.98. The number of nitrogens with one attached hydrogen (secondary N) is 1. The van der Waals surface area contributed by atoms with Crippen LogP contribution in [-0.4, -0.2) is 13.2 Å². The lowest BCUT2D eigenvalue weighted by Crippen LogP contribution is -2.25. The van der Waals surface area contributed by atoms with Crippen molar-refractivity contribution in [3.05, 3.63) is 59.9 Å². The van der Waals surface area contributed by atoms with E-state index in [1.807, 2.05) is 36.1 Å². The van der Waals surface area contributed by atoms with E-state index in [-0.39, 0.29) is 0 Å². The van der Waals surface area contributed by atoms with Crippen molar-refractivity contribution in [2.45, 2.75) is 0 Å². The van der Waals surface area contributed by atoms with Crippen LogP contribution in [0.5, 0.6) is 0 Å². The van der Waals surface area contributed by atoms with E-state index in [1.54, 1.807) is 0 Å². The first kappa shape index (κ1) is 14.2. The first-order valence-electron chi connectivity index (χ1n) is 6.57. The Morgan fingerprint density at radius 1 is 1.05 bits per heavy atom. The number of pyridine rings is 1. The summed E-state index contributed by atoms with van der Waals surface area (Å²) in [6, 6.07) is 12.4. The minimum atomic E-state index is 0.493. The van der Waals surface area contributed by atoms with Crippen molar-refractivity contribution in [2.24, 2.45) is 12.9 Å². The molecule has 4 nitrogen and oxygen atoms in total. The largest absolute Gasteiger partial charge is 0.383 e. The summed E-state index contributed by atoms with van der Waals surface area (Å²) in [7, 11) is 2.01. The van der Waals surface area contributed by atoms with Crippen LogP contribution in [0, 0.1) is 0 Å². The quantitative estimate of drug-likeness (QED) is 0.479. The van der Waals surface area contributed by atoms with Crippen LogP contribution in [0.4, 0.5) is 5.69 Å². The summed E-state index contributed by atoms with van der Waals surface area (Å²) in [4.78, 5) is 4.51. The summed E-state index contributed by atoms with van der Waals surface area (Å²) >= 11 is 0. The van der Waals surface area contributed by atoms with Crippen LogP contribution in [0.1, 0.15) is 11.1 Å². The standard InChI is InChI=1S/C16H19N3O/c1-19-11-8-15(9-12-19)3-2-14-4-6-16(7-5-14)18-10-13-20-17/h2-9,11-12H,10,13,17H2,1H3/p+1. The lowest BCUT2D eigenvalue weighted by Gasteiger charge is -2.05. The predicted molar refractivity (Wildman–Crippen MR) is 81.6 cm³/mol. The number of benzene rings is 1. The van der Waals surface area contributed by atoms with Gasteiger partial charge in [0.1, 0.15) is 7.05 Å². The highest BCUT2D eigenvalue weighted by atomic mass is 16.6. The molecule has 104 valence electrons. The Kier molecular flexibility index (Phi) is 5.29. The van der Waals surface area contributed by atoms with Gasteiger partial charge in [-0.15, -0.1) is 0 Å². The van der Waals surface area contributed by atoms with Crippen LogP contribution in [0.25, 0.3) is 12.2 Å². The fourth-order valence-corrected chi connectivity index (χ4v) is 1.78. The van der Waals surface area contributed by atoms with Gasteiger partial charge in [0.05, 0.1) is 6.61 Å². The fraction of sp³-hybridized carbons (Fsp3) is 0.188. The molecule has 1 aromatic carbocycles. The molecular formula is C16H20N3O+. The fourth-order valence-electron chi connectivity index (χ4n) is 1.78. The highest BCUT2D eigenvalue weighted by Gasteiger charge is 1.93. The molecule has 3 N–H and O–H groups in total. The number of hydrogen-bond acceptors (Lipinski definition) is 3. The average molecular weight is 270 g/mol. The molecule has 0 aliphatic carbocycles. The third-order valence-corrected chi connectivity index (χ3v) is 2.93.